The van der Waals surface area contributed by atoms with Crippen LogP contribution in [0.25, 0.3) is 0 Å². The van der Waals surface area contributed by atoms with Gasteiger partial charge in [0.2, 0.25) is 0 Å². The fourth-order valence-electron chi connectivity index (χ4n) is 1.41. The van der Waals surface area contributed by atoms with Gasteiger partial charge in [0, 0.05) is 12.5 Å². The Morgan fingerprint density at radius 2 is 2.43 bits per heavy atom. The first kappa shape index (κ1) is 11.0. The van der Waals surface area contributed by atoms with Gasteiger partial charge in [-0.2, -0.15) is 0 Å². The third-order valence-electron chi connectivity index (χ3n) is 2.21. The SMILES string of the molecule is CCCCC/C=C/[C@@H]1CC=CC(=O)O1. The normalized spacial score (nSPS) is 21.5. The lowest BCUT2D eigenvalue weighted by Crippen LogP contribution is -2.17. The van der Waals surface area contributed by atoms with Gasteiger partial charge in [-0.1, -0.05) is 31.9 Å². The average Bonchev–Trinajstić information content (AvgIpc) is 2.18. The molecule has 2 heteroatoms. The largest absolute Gasteiger partial charge is 0.455 e. The lowest BCUT2D eigenvalue weighted by Gasteiger charge is -2.14. The Morgan fingerprint density at radius 1 is 1.57 bits per heavy atom. The average molecular weight is 194 g/mol. The standard InChI is InChI=1S/C12H18O2/c1-2-3-4-5-6-8-11-9-7-10-12(13)14-11/h6-8,10-11H,2-5,9H2,1H3/b8-6+/t11-/m1/s1. The second kappa shape index (κ2) is 6.41. The molecule has 1 rings (SSSR count). The summed E-state index contributed by atoms with van der Waals surface area (Å²) in [6.45, 7) is 2.19. The van der Waals surface area contributed by atoms with E-state index in [1.807, 2.05) is 12.2 Å². The number of allylic oxidation sites excluding steroid dienone is 1. The van der Waals surface area contributed by atoms with Crippen molar-refractivity contribution in [3.8, 4) is 0 Å². The summed E-state index contributed by atoms with van der Waals surface area (Å²) in [6, 6.07) is 0. The van der Waals surface area contributed by atoms with Crippen LogP contribution in [0, 0.1) is 0 Å². The van der Waals surface area contributed by atoms with Crippen molar-refractivity contribution in [2.75, 3.05) is 0 Å². The Labute approximate surface area is 85.6 Å². The van der Waals surface area contributed by atoms with E-state index in [9.17, 15) is 4.79 Å². The minimum Gasteiger partial charge on any atom is -0.455 e. The molecule has 78 valence electrons. The summed E-state index contributed by atoms with van der Waals surface area (Å²) in [5.74, 6) is -0.223. The molecule has 0 spiro atoms. The van der Waals surface area contributed by atoms with Crippen LogP contribution in [0.4, 0.5) is 0 Å². The van der Waals surface area contributed by atoms with Gasteiger partial charge in [0.15, 0.2) is 0 Å². The number of ether oxygens (including phenoxy) is 1. The molecule has 1 heterocycles. The number of hydrogen-bond acceptors (Lipinski definition) is 2. The van der Waals surface area contributed by atoms with Crippen LogP contribution in [-0.2, 0) is 9.53 Å². The van der Waals surface area contributed by atoms with Crippen LogP contribution in [0.1, 0.15) is 39.0 Å². The van der Waals surface area contributed by atoms with Gasteiger partial charge in [0.1, 0.15) is 6.10 Å². The van der Waals surface area contributed by atoms with E-state index in [-0.39, 0.29) is 12.1 Å². The van der Waals surface area contributed by atoms with E-state index in [0.717, 1.165) is 12.8 Å². The van der Waals surface area contributed by atoms with Gasteiger partial charge in [0.25, 0.3) is 0 Å². The molecule has 1 atom stereocenters. The van der Waals surface area contributed by atoms with Crippen molar-refractivity contribution in [2.24, 2.45) is 0 Å². The van der Waals surface area contributed by atoms with Crippen molar-refractivity contribution >= 4 is 5.97 Å². The number of carbonyl (C=O) groups excluding carboxylic acids is 1. The summed E-state index contributed by atoms with van der Waals surface area (Å²) in [7, 11) is 0. The van der Waals surface area contributed by atoms with Crippen LogP contribution in [0.2, 0.25) is 0 Å². The molecule has 0 radical (unpaired) electrons. The first-order chi connectivity index (χ1) is 6.83. The quantitative estimate of drug-likeness (QED) is 0.382. The lowest BCUT2D eigenvalue weighted by molar-refractivity contribution is -0.141. The summed E-state index contributed by atoms with van der Waals surface area (Å²) < 4.78 is 5.08. The van der Waals surface area contributed by atoms with Gasteiger partial charge in [0.05, 0.1) is 0 Å². The molecule has 2 nitrogen and oxygen atoms in total. The minimum absolute atomic E-state index is 0.0332. The molecule has 0 aliphatic carbocycles. The molecule has 0 bridgehead atoms. The Kier molecular flexibility index (Phi) is 5.05. The molecule has 0 fully saturated rings. The van der Waals surface area contributed by atoms with Crippen LogP contribution >= 0.6 is 0 Å². The molecular formula is C12H18O2. The van der Waals surface area contributed by atoms with Crippen LogP contribution in [0.15, 0.2) is 24.3 Å². The summed E-state index contributed by atoms with van der Waals surface area (Å²) in [5, 5.41) is 0. The molecule has 0 aromatic rings. The molecule has 14 heavy (non-hydrogen) atoms. The van der Waals surface area contributed by atoms with Crippen molar-refractivity contribution in [1.82, 2.24) is 0 Å². The van der Waals surface area contributed by atoms with E-state index in [0.29, 0.717) is 0 Å². The van der Waals surface area contributed by atoms with E-state index in [4.69, 9.17) is 4.74 Å². The zero-order valence-electron chi connectivity index (χ0n) is 8.74. The first-order valence-electron chi connectivity index (χ1n) is 5.36. The molecule has 0 aromatic heterocycles. The molecule has 0 N–H and O–H groups in total. The topological polar surface area (TPSA) is 26.3 Å². The van der Waals surface area contributed by atoms with Gasteiger partial charge in [-0.3, -0.25) is 0 Å². The first-order valence-corrected chi connectivity index (χ1v) is 5.36. The van der Waals surface area contributed by atoms with Crippen molar-refractivity contribution in [3.63, 3.8) is 0 Å². The van der Waals surface area contributed by atoms with Crippen LogP contribution in [-0.4, -0.2) is 12.1 Å². The lowest BCUT2D eigenvalue weighted by atomic mass is 10.1. The highest BCUT2D eigenvalue weighted by molar-refractivity contribution is 5.82. The second-order valence-electron chi connectivity index (χ2n) is 3.54. The number of carbonyl (C=O) groups is 1. The molecule has 0 unspecified atom stereocenters. The summed E-state index contributed by atoms with van der Waals surface area (Å²) in [4.78, 5) is 10.9. The maximum absolute atomic E-state index is 10.9. The molecule has 0 saturated carbocycles. The highest BCUT2D eigenvalue weighted by Gasteiger charge is 2.11. The predicted octanol–water partition coefficient (Wildman–Crippen LogP) is 2.99. The van der Waals surface area contributed by atoms with Crippen LogP contribution in [0.3, 0.4) is 0 Å². The minimum atomic E-state index is -0.223. The summed E-state index contributed by atoms with van der Waals surface area (Å²) in [6.07, 6.45) is 13.1. The Bertz CT molecular complexity index is 228. The molecule has 0 saturated heterocycles. The molecule has 0 aromatic carbocycles. The predicted molar refractivity (Wildman–Crippen MR) is 56.9 cm³/mol. The van der Waals surface area contributed by atoms with Crippen molar-refractivity contribution in [1.29, 1.82) is 0 Å². The molecular weight excluding hydrogens is 176 g/mol. The van der Waals surface area contributed by atoms with Gasteiger partial charge >= 0.3 is 5.97 Å². The van der Waals surface area contributed by atoms with Crippen LogP contribution in [0.5, 0.6) is 0 Å². The van der Waals surface area contributed by atoms with Crippen molar-refractivity contribution in [2.45, 2.75) is 45.1 Å². The third-order valence-corrected chi connectivity index (χ3v) is 2.21. The van der Waals surface area contributed by atoms with Crippen LogP contribution < -0.4 is 0 Å². The Morgan fingerprint density at radius 3 is 3.14 bits per heavy atom. The Hall–Kier alpha value is -1.05. The zero-order chi connectivity index (χ0) is 10.2. The number of unbranched alkanes of at least 4 members (excludes halogenated alkanes) is 3. The fourth-order valence-corrected chi connectivity index (χ4v) is 1.41. The smallest absolute Gasteiger partial charge is 0.331 e. The monoisotopic (exact) mass is 194 g/mol. The highest BCUT2D eigenvalue weighted by atomic mass is 16.5. The summed E-state index contributed by atoms with van der Waals surface area (Å²) >= 11 is 0. The Balaban J connectivity index is 2.17. The van der Waals surface area contributed by atoms with Crippen molar-refractivity contribution in [3.05, 3.63) is 24.3 Å². The second-order valence-corrected chi connectivity index (χ2v) is 3.54. The number of cyclic esters (lactones) is 1. The maximum Gasteiger partial charge on any atom is 0.331 e. The van der Waals surface area contributed by atoms with E-state index in [1.165, 1.54) is 25.3 Å². The van der Waals surface area contributed by atoms with E-state index in [1.54, 1.807) is 0 Å². The van der Waals surface area contributed by atoms with Gasteiger partial charge in [-0.25, -0.2) is 4.79 Å². The van der Waals surface area contributed by atoms with Crippen molar-refractivity contribution < 1.29 is 9.53 Å². The number of esters is 1. The third kappa shape index (κ3) is 4.26. The van der Waals surface area contributed by atoms with E-state index < -0.39 is 0 Å². The maximum atomic E-state index is 10.9. The van der Waals surface area contributed by atoms with Gasteiger partial charge in [-0.05, 0) is 18.9 Å². The number of rotatable bonds is 5. The molecule has 1 aliphatic rings. The van der Waals surface area contributed by atoms with E-state index in [2.05, 4.69) is 13.0 Å². The molecule has 1 aliphatic heterocycles. The number of hydrogen-bond donors (Lipinski definition) is 0. The van der Waals surface area contributed by atoms with Gasteiger partial charge in [-0.15, -0.1) is 0 Å². The highest BCUT2D eigenvalue weighted by Crippen LogP contribution is 2.09. The van der Waals surface area contributed by atoms with E-state index >= 15 is 0 Å². The zero-order valence-corrected chi connectivity index (χ0v) is 8.74. The molecule has 0 amide bonds. The van der Waals surface area contributed by atoms with Gasteiger partial charge < -0.3 is 4.74 Å². The fraction of sp³-hybridized carbons (Fsp3) is 0.583. The summed E-state index contributed by atoms with van der Waals surface area (Å²) in [5.41, 5.74) is 0.